The molecule has 1 aromatic carbocycles. The van der Waals surface area contributed by atoms with E-state index in [0.29, 0.717) is 0 Å². The molecule has 0 radical (unpaired) electrons. The van der Waals surface area contributed by atoms with Crippen LogP contribution in [0.25, 0.3) is 0 Å². The highest BCUT2D eigenvalue weighted by atomic mass is 16.3. The lowest BCUT2D eigenvalue weighted by molar-refractivity contribution is -0.904. The van der Waals surface area contributed by atoms with E-state index in [9.17, 15) is 5.11 Å². The van der Waals surface area contributed by atoms with Crippen molar-refractivity contribution in [3.63, 3.8) is 0 Å². The number of hydrogen-bond acceptors (Lipinski definition) is 2. The van der Waals surface area contributed by atoms with E-state index in [4.69, 9.17) is 0 Å². The highest BCUT2D eigenvalue weighted by molar-refractivity contribution is 5.31. The van der Waals surface area contributed by atoms with Gasteiger partial charge in [-0.15, -0.1) is 0 Å². The van der Waals surface area contributed by atoms with E-state index < -0.39 is 0 Å². The van der Waals surface area contributed by atoms with E-state index >= 15 is 0 Å². The summed E-state index contributed by atoms with van der Waals surface area (Å²) in [5.74, 6) is 1.18. The van der Waals surface area contributed by atoms with Crippen LogP contribution < -0.4 is 14.8 Å². The Kier molecular flexibility index (Phi) is 4.48. The molecule has 1 aliphatic heterocycles. The van der Waals surface area contributed by atoms with Gasteiger partial charge >= 0.3 is 0 Å². The Hall–Kier alpha value is -1.91. The van der Waals surface area contributed by atoms with Gasteiger partial charge in [-0.1, -0.05) is 36.4 Å². The number of nitrogens with zero attached hydrogens (tertiary/aromatic N) is 1. The van der Waals surface area contributed by atoms with Gasteiger partial charge in [-0.2, -0.15) is 0 Å². The van der Waals surface area contributed by atoms with E-state index in [-0.39, 0.29) is 6.10 Å². The fourth-order valence-corrected chi connectivity index (χ4v) is 2.92. The lowest BCUT2D eigenvalue weighted by Gasteiger charge is -2.29. The number of nitrogens with one attached hydrogen (secondary N) is 2. The molecule has 0 spiro atoms. The zero-order valence-electron chi connectivity index (χ0n) is 12.2. The third-order valence-corrected chi connectivity index (χ3v) is 4.17. The Bertz CT molecular complexity index is 538. The van der Waals surface area contributed by atoms with E-state index in [1.165, 1.54) is 10.7 Å². The number of H-pyrrole nitrogens is 1. The average Bonchev–Trinajstić information content (AvgIpc) is 2.57. The van der Waals surface area contributed by atoms with Gasteiger partial charge in [0.25, 0.3) is 5.82 Å². The zero-order chi connectivity index (χ0) is 14.5. The Morgan fingerprint density at radius 3 is 2.43 bits per heavy atom. The second-order valence-corrected chi connectivity index (χ2v) is 5.62. The number of aromatic nitrogens is 1. The third-order valence-electron chi connectivity index (χ3n) is 4.17. The summed E-state index contributed by atoms with van der Waals surface area (Å²) in [5, 5.41) is 10.3. The molecule has 21 heavy (non-hydrogen) atoms. The van der Waals surface area contributed by atoms with Gasteiger partial charge in [-0.25, -0.2) is 4.98 Å². The number of aliphatic hydroxyl groups is 1. The number of rotatable bonds is 4. The Balaban J connectivity index is 1.52. The van der Waals surface area contributed by atoms with Crippen molar-refractivity contribution in [2.24, 2.45) is 0 Å². The predicted molar refractivity (Wildman–Crippen MR) is 82.2 cm³/mol. The maximum Gasteiger partial charge on any atom is 0.274 e. The van der Waals surface area contributed by atoms with Crippen molar-refractivity contribution in [1.29, 1.82) is 0 Å². The number of quaternary nitrogens is 1. The van der Waals surface area contributed by atoms with Gasteiger partial charge in [-0.3, -0.25) is 4.90 Å². The molecular formula is C17H23N3O+2. The van der Waals surface area contributed by atoms with Crippen LogP contribution in [0.15, 0.2) is 54.7 Å². The molecule has 0 unspecified atom stereocenters. The third kappa shape index (κ3) is 3.60. The smallest absolute Gasteiger partial charge is 0.274 e. The Morgan fingerprint density at radius 1 is 1.05 bits per heavy atom. The summed E-state index contributed by atoms with van der Waals surface area (Å²) < 4.78 is 0. The molecule has 3 rings (SSSR count). The molecule has 0 aliphatic carbocycles. The van der Waals surface area contributed by atoms with Crippen molar-refractivity contribution < 1.29 is 15.0 Å². The number of benzene rings is 1. The van der Waals surface area contributed by atoms with Crippen LogP contribution in [0.2, 0.25) is 0 Å². The van der Waals surface area contributed by atoms with Crippen molar-refractivity contribution in [3.05, 3.63) is 60.3 Å². The van der Waals surface area contributed by atoms with Gasteiger partial charge in [0.1, 0.15) is 38.8 Å². The molecule has 0 bridgehead atoms. The van der Waals surface area contributed by atoms with Crippen molar-refractivity contribution in [3.8, 4) is 0 Å². The van der Waals surface area contributed by atoms with Crippen molar-refractivity contribution in [2.45, 2.75) is 6.10 Å². The molecule has 1 atom stereocenters. The number of pyridine rings is 1. The Morgan fingerprint density at radius 2 is 1.76 bits per heavy atom. The topological polar surface area (TPSA) is 42.1 Å². The van der Waals surface area contributed by atoms with Crippen molar-refractivity contribution in [1.82, 2.24) is 0 Å². The number of aliphatic hydroxyl groups excluding tert-OH is 1. The maximum atomic E-state index is 10.3. The highest BCUT2D eigenvalue weighted by Gasteiger charge is 2.27. The number of hydrogen-bond donors (Lipinski definition) is 2. The van der Waals surface area contributed by atoms with Crippen molar-refractivity contribution >= 4 is 5.82 Å². The molecule has 2 heterocycles. The minimum atomic E-state index is -0.365. The molecule has 3 N–H and O–H groups in total. The minimum absolute atomic E-state index is 0.365. The standard InChI is InChI=1S/C17H21N3O/c21-16(15-6-2-1-3-7-15)14-19-10-12-20(13-11-19)17-8-4-5-9-18-17/h1-9,16,21H,10-14H2/p+2/t16-/m1/s1. The molecule has 1 fully saturated rings. The molecule has 0 saturated carbocycles. The normalized spacial score (nSPS) is 17.7. The summed E-state index contributed by atoms with van der Waals surface area (Å²) >= 11 is 0. The summed E-state index contributed by atoms with van der Waals surface area (Å²) in [6.45, 7) is 4.96. The van der Waals surface area contributed by atoms with Gasteiger partial charge < -0.3 is 10.0 Å². The van der Waals surface area contributed by atoms with E-state index in [1.807, 2.05) is 42.6 Å². The first-order chi connectivity index (χ1) is 10.3. The molecule has 0 amide bonds. The van der Waals surface area contributed by atoms with Crippen molar-refractivity contribution in [2.75, 3.05) is 37.6 Å². The van der Waals surface area contributed by atoms with E-state index in [1.54, 1.807) is 0 Å². The number of anilines is 1. The molecule has 1 aromatic heterocycles. The quantitative estimate of drug-likeness (QED) is 0.826. The largest absolute Gasteiger partial charge is 0.382 e. The van der Waals surface area contributed by atoms with Gasteiger partial charge in [0.2, 0.25) is 0 Å². The molecule has 4 nitrogen and oxygen atoms in total. The van der Waals surface area contributed by atoms with E-state index in [0.717, 1.165) is 38.3 Å². The lowest BCUT2D eigenvalue weighted by Crippen LogP contribution is -3.15. The van der Waals surface area contributed by atoms with Crippen LogP contribution in [0, 0.1) is 0 Å². The molecule has 2 aromatic rings. The summed E-state index contributed by atoms with van der Waals surface area (Å²) in [6, 6.07) is 16.1. The van der Waals surface area contributed by atoms with E-state index in [2.05, 4.69) is 22.0 Å². The van der Waals surface area contributed by atoms with Crippen LogP contribution in [0.3, 0.4) is 0 Å². The van der Waals surface area contributed by atoms with Crippen LogP contribution in [0.4, 0.5) is 5.82 Å². The molecule has 1 aliphatic rings. The van der Waals surface area contributed by atoms with Crippen LogP contribution in [-0.2, 0) is 0 Å². The first-order valence-electron chi connectivity index (χ1n) is 7.61. The first-order valence-corrected chi connectivity index (χ1v) is 7.61. The number of aromatic amines is 1. The SMILES string of the molecule is O[C@H](C[NH+]1CCN(c2cccc[nH+]2)CC1)c1ccccc1. The van der Waals surface area contributed by atoms with Gasteiger partial charge in [0, 0.05) is 6.07 Å². The Labute approximate surface area is 125 Å². The summed E-state index contributed by atoms with van der Waals surface area (Å²) in [7, 11) is 0. The fraction of sp³-hybridized carbons (Fsp3) is 0.353. The summed E-state index contributed by atoms with van der Waals surface area (Å²) in [5.41, 5.74) is 1.02. The van der Waals surface area contributed by atoms with Gasteiger partial charge in [0.05, 0.1) is 6.20 Å². The van der Waals surface area contributed by atoms with Crippen LogP contribution >= 0.6 is 0 Å². The minimum Gasteiger partial charge on any atom is -0.382 e. The van der Waals surface area contributed by atoms with Crippen LogP contribution in [-0.4, -0.2) is 37.8 Å². The average molecular weight is 285 g/mol. The van der Waals surface area contributed by atoms with Crippen LogP contribution in [0.1, 0.15) is 11.7 Å². The lowest BCUT2D eigenvalue weighted by atomic mass is 10.1. The summed E-state index contributed by atoms with van der Waals surface area (Å²) in [6.07, 6.45) is 1.60. The molecule has 110 valence electrons. The summed E-state index contributed by atoms with van der Waals surface area (Å²) in [4.78, 5) is 7.13. The van der Waals surface area contributed by atoms with Gasteiger partial charge in [0.15, 0.2) is 0 Å². The molecule has 4 heteroatoms. The first kappa shape index (κ1) is 14.0. The monoisotopic (exact) mass is 285 g/mol. The number of piperazine rings is 1. The van der Waals surface area contributed by atoms with Crippen LogP contribution in [0.5, 0.6) is 0 Å². The van der Waals surface area contributed by atoms with Gasteiger partial charge in [-0.05, 0) is 11.6 Å². The molecule has 1 saturated heterocycles. The predicted octanol–water partition coefficient (Wildman–Crippen LogP) is -0.0608. The molecular weight excluding hydrogens is 262 g/mol. The fourth-order valence-electron chi connectivity index (χ4n) is 2.92. The maximum absolute atomic E-state index is 10.3. The second-order valence-electron chi connectivity index (χ2n) is 5.62. The second kappa shape index (κ2) is 6.70. The highest BCUT2D eigenvalue weighted by Crippen LogP contribution is 2.10. The zero-order valence-corrected chi connectivity index (χ0v) is 12.2.